The van der Waals surface area contributed by atoms with E-state index in [4.69, 9.17) is 23.2 Å². The fourth-order valence-corrected chi connectivity index (χ4v) is 7.92. The van der Waals surface area contributed by atoms with Crippen molar-refractivity contribution < 1.29 is 27.9 Å². The molecule has 2 N–H and O–H groups in total. The van der Waals surface area contributed by atoms with Crippen molar-refractivity contribution >= 4 is 56.5 Å². The molecule has 46 heavy (non-hydrogen) atoms. The SMILES string of the molecule is CC(C)[C@@H](CS(=O)(=O)C(C)C)N1C(=O)[C@@](C)(CC(=O)Nc2ccc(C(=O)O)cc2)CC(c2cccc(Cl)c2)[C@H]1c1ccc(Cl)cc1. The highest BCUT2D eigenvalue weighted by molar-refractivity contribution is 7.92. The van der Waals surface area contributed by atoms with E-state index in [1.807, 2.05) is 44.2 Å². The van der Waals surface area contributed by atoms with Crippen LogP contribution in [0.15, 0.2) is 72.8 Å². The van der Waals surface area contributed by atoms with E-state index in [-0.39, 0.29) is 41.9 Å². The summed E-state index contributed by atoms with van der Waals surface area (Å²) in [5, 5.41) is 12.4. The summed E-state index contributed by atoms with van der Waals surface area (Å²) >= 11 is 12.7. The zero-order valence-electron chi connectivity index (χ0n) is 26.5. The summed E-state index contributed by atoms with van der Waals surface area (Å²) in [5.41, 5.74) is 0.898. The molecule has 0 saturated carbocycles. The molecule has 246 valence electrons. The van der Waals surface area contributed by atoms with Gasteiger partial charge in [-0.2, -0.15) is 0 Å². The van der Waals surface area contributed by atoms with Gasteiger partial charge in [0.25, 0.3) is 0 Å². The number of hydrogen-bond donors (Lipinski definition) is 2. The van der Waals surface area contributed by atoms with E-state index >= 15 is 0 Å². The predicted octanol–water partition coefficient (Wildman–Crippen LogP) is 7.63. The molecule has 0 bridgehead atoms. The first-order valence-corrected chi connectivity index (χ1v) is 17.7. The van der Waals surface area contributed by atoms with Crippen LogP contribution in [0.4, 0.5) is 5.69 Å². The summed E-state index contributed by atoms with van der Waals surface area (Å²) in [4.78, 5) is 41.4. The van der Waals surface area contributed by atoms with Gasteiger partial charge >= 0.3 is 5.97 Å². The first kappa shape index (κ1) is 35.5. The molecular formula is C35H40Cl2N2O6S. The molecule has 8 nitrogen and oxygen atoms in total. The second-order valence-corrected chi connectivity index (χ2v) is 16.4. The number of benzene rings is 3. The maximum absolute atomic E-state index is 14.9. The molecule has 0 spiro atoms. The molecule has 1 aliphatic heterocycles. The normalized spacial score (nSPS) is 21.0. The highest BCUT2D eigenvalue weighted by Gasteiger charge is 2.53. The van der Waals surface area contributed by atoms with Crippen LogP contribution in [-0.2, 0) is 19.4 Å². The zero-order chi connectivity index (χ0) is 34.0. The van der Waals surface area contributed by atoms with Gasteiger partial charge in [-0.1, -0.05) is 68.2 Å². The second-order valence-electron chi connectivity index (χ2n) is 12.9. The fourth-order valence-electron chi connectivity index (χ4n) is 6.19. The molecule has 1 unspecified atom stereocenters. The molecule has 2 amide bonds. The number of carboxylic acid groups (broad SMARTS) is 1. The Morgan fingerprint density at radius 3 is 2.13 bits per heavy atom. The van der Waals surface area contributed by atoms with Crippen molar-refractivity contribution in [3.8, 4) is 0 Å². The van der Waals surface area contributed by atoms with Gasteiger partial charge in [0.1, 0.15) is 0 Å². The van der Waals surface area contributed by atoms with Gasteiger partial charge in [0.15, 0.2) is 9.84 Å². The smallest absolute Gasteiger partial charge is 0.335 e. The van der Waals surface area contributed by atoms with Crippen molar-refractivity contribution in [3.05, 3.63) is 99.5 Å². The number of halogens is 2. The number of sulfone groups is 1. The Hall–Kier alpha value is -3.40. The van der Waals surface area contributed by atoms with Crippen molar-refractivity contribution in [1.29, 1.82) is 0 Å². The van der Waals surface area contributed by atoms with Crippen molar-refractivity contribution in [1.82, 2.24) is 4.90 Å². The summed E-state index contributed by atoms with van der Waals surface area (Å²) in [6.07, 6.45) is 0.0955. The van der Waals surface area contributed by atoms with E-state index in [9.17, 15) is 27.9 Å². The lowest BCUT2D eigenvalue weighted by atomic mass is 9.66. The van der Waals surface area contributed by atoms with Crippen LogP contribution in [0.3, 0.4) is 0 Å². The maximum atomic E-state index is 14.9. The molecule has 3 aromatic carbocycles. The minimum Gasteiger partial charge on any atom is -0.478 e. The summed E-state index contributed by atoms with van der Waals surface area (Å²) in [7, 11) is -3.58. The molecule has 1 heterocycles. The van der Waals surface area contributed by atoms with Crippen LogP contribution in [0, 0.1) is 11.3 Å². The lowest BCUT2D eigenvalue weighted by Gasteiger charge is -2.53. The third kappa shape index (κ3) is 7.93. The number of carboxylic acids is 1. The number of nitrogens with one attached hydrogen (secondary N) is 1. The molecule has 1 fully saturated rings. The molecule has 0 aromatic heterocycles. The summed E-state index contributed by atoms with van der Waals surface area (Å²) in [5.74, 6) is -2.66. The zero-order valence-corrected chi connectivity index (χ0v) is 28.9. The second kappa shape index (κ2) is 14.2. The first-order chi connectivity index (χ1) is 21.5. The van der Waals surface area contributed by atoms with Crippen LogP contribution < -0.4 is 5.32 Å². The Morgan fingerprint density at radius 2 is 1.59 bits per heavy atom. The summed E-state index contributed by atoms with van der Waals surface area (Å²) in [6.45, 7) is 8.82. The Labute approximate surface area is 281 Å². The largest absolute Gasteiger partial charge is 0.478 e. The number of rotatable bonds is 11. The highest BCUT2D eigenvalue weighted by Crippen LogP contribution is 2.52. The average Bonchev–Trinajstić information content (AvgIpc) is 2.98. The predicted molar refractivity (Wildman–Crippen MR) is 182 cm³/mol. The Balaban J connectivity index is 1.85. The third-order valence-corrected chi connectivity index (χ3v) is 11.5. The van der Waals surface area contributed by atoms with Gasteiger partial charge < -0.3 is 15.3 Å². The van der Waals surface area contributed by atoms with Crippen LogP contribution in [0.1, 0.15) is 80.9 Å². The monoisotopic (exact) mass is 686 g/mol. The molecule has 11 heteroatoms. The molecule has 4 atom stereocenters. The van der Waals surface area contributed by atoms with Gasteiger partial charge in [0, 0.05) is 34.1 Å². The molecule has 4 rings (SSSR count). The third-order valence-electron chi connectivity index (χ3n) is 8.80. The summed E-state index contributed by atoms with van der Waals surface area (Å²) < 4.78 is 26.8. The van der Waals surface area contributed by atoms with Gasteiger partial charge in [-0.05, 0) is 85.8 Å². The van der Waals surface area contributed by atoms with Crippen LogP contribution >= 0.6 is 23.2 Å². The van der Waals surface area contributed by atoms with Crippen molar-refractivity contribution in [2.75, 3.05) is 11.1 Å². The molecule has 1 aliphatic rings. The molecule has 3 aromatic rings. The van der Waals surface area contributed by atoms with Crippen LogP contribution in [0.5, 0.6) is 0 Å². The molecule has 0 aliphatic carbocycles. The Bertz CT molecular complexity index is 1690. The number of nitrogens with zero attached hydrogens (tertiary/aromatic N) is 1. The minimum absolute atomic E-state index is 0.0803. The van der Waals surface area contributed by atoms with Crippen LogP contribution in [-0.4, -0.2) is 53.3 Å². The molecule has 1 saturated heterocycles. The van der Waals surface area contributed by atoms with Gasteiger partial charge in [-0.3, -0.25) is 9.59 Å². The number of carbonyl (C=O) groups excluding carboxylic acids is 2. The number of aromatic carboxylic acids is 1. The number of likely N-dealkylation sites (tertiary alicyclic amines) is 1. The van der Waals surface area contributed by atoms with E-state index < -0.39 is 44.5 Å². The topological polar surface area (TPSA) is 121 Å². The van der Waals surface area contributed by atoms with Crippen molar-refractivity contribution in [2.45, 2.75) is 70.7 Å². The van der Waals surface area contributed by atoms with E-state index in [2.05, 4.69) is 5.32 Å². The number of carbonyl (C=O) groups is 3. The van der Waals surface area contributed by atoms with E-state index in [0.29, 0.717) is 15.7 Å². The molecular weight excluding hydrogens is 647 g/mol. The number of anilines is 1. The van der Waals surface area contributed by atoms with Crippen molar-refractivity contribution in [3.63, 3.8) is 0 Å². The Morgan fingerprint density at radius 1 is 0.957 bits per heavy atom. The lowest BCUT2D eigenvalue weighted by Crippen LogP contribution is -2.59. The van der Waals surface area contributed by atoms with Gasteiger partial charge in [0.05, 0.1) is 28.0 Å². The minimum atomic E-state index is -3.58. The fraction of sp³-hybridized carbons (Fsp3) is 0.400. The van der Waals surface area contributed by atoms with Gasteiger partial charge in [0.2, 0.25) is 11.8 Å². The number of amides is 2. The average molecular weight is 688 g/mol. The van der Waals surface area contributed by atoms with E-state index in [1.54, 1.807) is 43.9 Å². The highest BCUT2D eigenvalue weighted by atomic mass is 35.5. The van der Waals surface area contributed by atoms with Gasteiger partial charge in [-0.15, -0.1) is 0 Å². The first-order valence-electron chi connectivity index (χ1n) is 15.2. The maximum Gasteiger partial charge on any atom is 0.335 e. The van der Waals surface area contributed by atoms with E-state index in [1.165, 1.54) is 24.3 Å². The lowest BCUT2D eigenvalue weighted by molar-refractivity contribution is -0.157. The number of hydrogen-bond acceptors (Lipinski definition) is 5. The quantitative estimate of drug-likeness (QED) is 0.214. The van der Waals surface area contributed by atoms with Crippen LogP contribution in [0.2, 0.25) is 10.0 Å². The summed E-state index contributed by atoms with van der Waals surface area (Å²) in [6, 6.07) is 19.1. The standard InChI is InChI=1S/C35H40Cl2N2O6S/c1-21(2)30(20-46(44,45)22(3)4)39-32(23-9-13-26(36)14-10-23)29(25-7-6-8-27(37)17-25)18-35(5,34(39)43)19-31(40)38-28-15-11-24(12-16-28)33(41)42/h6-17,21-22,29-30,32H,18-20H2,1-5H3,(H,38,40)(H,41,42)/t29?,30-,32-,35-/m1/s1. The molecule has 0 radical (unpaired) electrons. The van der Waals surface area contributed by atoms with Crippen molar-refractivity contribution in [2.24, 2.45) is 11.3 Å². The Kier molecular flexibility index (Phi) is 10.9. The van der Waals surface area contributed by atoms with Gasteiger partial charge in [-0.25, -0.2) is 13.2 Å². The van der Waals surface area contributed by atoms with E-state index in [0.717, 1.165) is 11.1 Å². The number of piperidine rings is 1. The van der Waals surface area contributed by atoms with Crippen LogP contribution in [0.25, 0.3) is 0 Å².